The van der Waals surface area contributed by atoms with Crippen molar-refractivity contribution < 1.29 is 22.1 Å². The molecule has 0 saturated heterocycles. The fourth-order valence-electron chi connectivity index (χ4n) is 0. The first-order chi connectivity index (χ1) is 1.41. The van der Waals surface area contributed by atoms with Gasteiger partial charge in [0.1, 0.15) is 0 Å². The molecule has 0 aliphatic rings. The summed E-state index contributed by atoms with van der Waals surface area (Å²) in [4.78, 5) is 0. The van der Waals surface area contributed by atoms with Crippen LogP contribution in [-0.2, 0) is 22.1 Å². The van der Waals surface area contributed by atoms with E-state index < -0.39 is 14.3 Å². The summed E-state index contributed by atoms with van der Waals surface area (Å²) in [5.74, 6) is 0. The van der Waals surface area contributed by atoms with E-state index in [2.05, 4.69) is 0 Å². The van der Waals surface area contributed by atoms with Gasteiger partial charge >= 0.3 is 40.9 Å². The van der Waals surface area contributed by atoms with Crippen molar-refractivity contribution in [3.05, 3.63) is 0 Å². The van der Waals surface area contributed by atoms with Gasteiger partial charge in [0.2, 0.25) is 0 Å². The topological polar surface area (TPSA) is 34.1 Å². The number of hydrogen-bond donors (Lipinski definition) is 0. The van der Waals surface area contributed by atoms with E-state index in [1.807, 2.05) is 0 Å². The molecule has 0 atom stereocenters. The summed E-state index contributed by atoms with van der Waals surface area (Å²) in [7, 11) is 0. The van der Waals surface area contributed by atoms with Gasteiger partial charge in [-0.1, -0.05) is 0 Å². The molecular formula is HLiNiO2. The van der Waals surface area contributed by atoms with E-state index >= 15 is 0 Å². The van der Waals surface area contributed by atoms with Crippen LogP contribution in [0.4, 0.5) is 0 Å². The Hall–Kier alpha value is 0.691. The van der Waals surface area contributed by atoms with E-state index in [0.29, 0.717) is 0 Å². The van der Waals surface area contributed by atoms with Crippen molar-refractivity contribution in [2.45, 2.75) is 0 Å². The first-order valence-corrected chi connectivity index (χ1v) is 1.06. The first kappa shape index (κ1) is 8.83. The van der Waals surface area contributed by atoms with Crippen LogP contribution in [0.2, 0.25) is 0 Å². The molecule has 0 aliphatic carbocycles. The quantitative estimate of drug-likeness (QED) is 0.369. The van der Waals surface area contributed by atoms with Crippen molar-refractivity contribution in [2.75, 3.05) is 0 Å². The van der Waals surface area contributed by atoms with Gasteiger partial charge in [-0.25, -0.2) is 0 Å². The molecule has 0 bridgehead atoms. The van der Waals surface area contributed by atoms with Crippen LogP contribution in [0.1, 0.15) is 0 Å². The maximum atomic E-state index is 8.31. The van der Waals surface area contributed by atoms with Crippen LogP contribution in [0.15, 0.2) is 0 Å². The standard InChI is InChI=1S/Li.Ni.2O.H. The van der Waals surface area contributed by atoms with Gasteiger partial charge in [-0.05, 0) is 0 Å². The molecule has 4 heavy (non-hydrogen) atoms. The maximum absolute atomic E-state index is 8.31. The summed E-state index contributed by atoms with van der Waals surface area (Å²) in [5.41, 5.74) is 0. The van der Waals surface area contributed by atoms with Crippen LogP contribution in [0, 0.1) is 0 Å². The molecule has 0 N–H and O–H groups in total. The second-order valence-corrected chi connectivity index (χ2v) is 0.217. The summed E-state index contributed by atoms with van der Waals surface area (Å²) < 4.78 is 16.6. The Morgan fingerprint density at radius 2 is 1.25 bits per heavy atom. The second-order valence-electron chi connectivity index (χ2n) is 0.0527. The monoisotopic (exact) mass is 97.9 g/mol. The van der Waals surface area contributed by atoms with Gasteiger partial charge in [-0.2, -0.15) is 0 Å². The van der Waals surface area contributed by atoms with Crippen LogP contribution < -0.4 is 0 Å². The summed E-state index contributed by atoms with van der Waals surface area (Å²) in [6, 6.07) is 0. The Morgan fingerprint density at radius 1 is 1.25 bits per heavy atom. The van der Waals surface area contributed by atoms with E-state index in [9.17, 15) is 0 Å². The summed E-state index contributed by atoms with van der Waals surface area (Å²) in [5, 5.41) is 0. The number of rotatable bonds is 0. The summed E-state index contributed by atoms with van der Waals surface area (Å²) >= 11 is -0.875. The van der Waals surface area contributed by atoms with Crippen molar-refractivity contribution in [1.29, 1.82) is 0 Å². The van der Waals surface area contributed by atoms with Crippen LogP contribution in [0.25, 0.3) is 0 Å². The molecule has 4 heteroatoms. The van der Waals surface area contributed by atoms with Gasteiger partial charge in [-0.15, -0.1) is 0 Å². The fourth-order valence-corrected chi connectivity index (χ4v) is 0. The molecule has 0 aliphatic heterocycles. The average Bonchev–Trinajstić information content (AvgIpc) is 0.918. The third-order valence-electron chi connectivity index (χ3n) is 0. The third kappa shape index (κ3) is 16.1. The zero-order chi connectivity index (χ0) is 2.71. The van der Waals surface area contributed by atoms with Crippen molar-refractivity contribution in [1.82, 2.24) is 0 Å². The molecule has 0 amide bonds. The predicted molar refractivity (Wildman–Crippen MR) is 8.52 cm³/mol. The molecule has 0 aromatic rings. The molecule has 0 saturated carbocycles. The molecule has 0 aromatic carbocycles. The average molecular weight is 98.6 g/mol. The van der Waals surface area contributed by atoms with Crippen LogP contribution in [0.5, 0.6) is 0 Å². The predicted octanol–water partition coefficient (Wildman–Crippen LogP) is -0.889. The molecule has 2 nitrogen and oxygen atoms in total. The summed E-state index contributed by atoms with van der Waals surface area (Å²) in [6.45, 7) is 0. The third-order valence-corrected chi connectivity index (χ3v) is 0. The Kier molecular flexibility index (Phi) is 20.6. The second kappa shape index (κ2) is 9.35. The Bertz CT molecular complexity index is 27.0. The molecule has 0 aromatic heterocycles. The molecule has 0 rings (SSSR count). The fraction of sp³-hybridized carbons (Fsp3) is 0. The van der Waals surface area contributed by atoms with Gasteiger partial charge in [0.15, 0.2) is 0 Å². The molecule has 0 radical (unpaired) electrons. The molecule has 24 valence electrons. The molecule has 0 unspecified atom stereocenters. The van der Waals surface area contributed by atoms with Gasteiger partial charge < -0.3 is 0 Å². The normalized spacial score (nSPS) is 5.00. The molecule has 0 fully saturated rings. The zero-order valence-electron chi connectivity index (χ0n) is 1.13. The Morgan fingerprint density at radius 3 is 1.25 bits per heavy atom. The van der Waals surface area contributed by atoms with Crippen LogP contribution in [0.3, 0.4) is 0 Å². The molecule has 0 heterocycles. The van der Waals surface area contributed by atoms with Crippen molar-refractivity contribution in [3.63, 3.8) is 0 Å². The first-order valence-electron chi connectivity index (χ1n) is 0.258. The zero-order valence-corrected chi connectivity index (χ0v) is 2.12. The Balaban J connectivity index is 0. The van der Waals surface area contributed by atoms with Gasteiger partial charge in [-0.3, -0.25) is 0 Å². The van der Waals surface area contributed by atoms with E-state index in [0.717, 1.165) is 0 Å². The van der Waals surface area contributed by atoms with E-state index in [1.165, 1.54) is 0 Å². The Labute approximate surface area is 41.3 Å². The van der Waals surface area contributed by atoms with E-state index in [-0.39, 0.29) is 18.9 Å². The van der Waals surface area contributed by atoms with Gasteiger partial charge in [0.05, 0.1) is 0 Å². The van der Waals surface area contributed by atoms with E-state index in [1.54, 1.807) is 0 Å². The number of hydrogen-bond acceptors (Lipinski definition) is 2. The van der Waals surface area contributed by atoms with Crippen molar-refractivity contribution in [3.8, 4) is 0 Å². The minimum atomic E-state index is -0.875. The van der Waals surface area contributed by atoms with Gasteiger partial charge in [0.25, 0.3) is 0 Å². The van der Waals surface area contributed by atoms with Crippen molar-refractivity contribution >= 4 is 18.9 Å². The van der Waals surface area contributed by atoms with Crippen LogP contribution >= 0.6 is 0 Å². The molecular weight excluding hydrogens is 97.6 g/mol. The SMILES string of the molecule is [LiH].[O]=[Ni]=[O]. The van der Waals surface area contributed by atoms with Crippen LogP contribution in [-0.4, -0.2) is 18.9 Å². The minimum absolute atomic E-state index is 0. The summed E-state index contributed by atoms with van der Waals surface area (Å²) in [6.07, 6.45) is 0. The van der Waals surface area contributed by atoms with Crippen molar-refractivity contribution in [2.24, 2.45) is 0 Å². The van der Waals surface area contributed by atoms with E-state index in [4.69, 9.17) is 7.79 Å². The molecule has 0 spiro atoms. The van der Waals surface area contributed by atoms with Gasteiger partial charge in [0, 0.05) is 0 Å².